The number of carbonyl (C=O) groups excluding carboxylic acids is 1. The van der Waals surface area contributed by atoms with Crippen molar-refractivity contribution in [1.29, 1.82) is 0 Å². The maximum absolute atomic E-state index is 12.4. The number of fused-ring (bicyclic) bond motifs is 1. The van der Waals surface area contributed by atoms with Crippen molar-refractivity contribution in [2.45, 2.75) is 51.9 Å². The zero-order valence-corrected chi connectivity index (χ0v) is 15.9. The van der Waals surface area contributed by atoms with E-state index in [1.807, 2.05) is 31.2 Å². The highest BCUT2D eigenvalue weighted by atomic mass is 16.6. The third-order valence-electron chi connectivity index (χ3n) is 4.44. The molecule has 1 aliphatic heterocycles. The summed E-state index contributed by atoms with van der Waals surface area (Å²) >= 11 is 0. The number of aromatic nitrogens is 1. The molecule has 3 rings (SSSR count). The summed E-state index contributed by atoms with van der Waals surface area (Å²) in [6.45, 7) is 7.37. The van der Waals surface area contributed by atoms with E-state index in [1.54, 1.807) is 27.0 Å². The number of ether oxygens (including phenoxy) is 2. The molecule has 0 spiro atoms. The second-order valence-electron chi connectivity index (χ2n) is 7.75. The van der Waals surface area contributed by atoms with Gasteiger partial charge in [-0.3, -0.25) is 4.90 Å². The Kier molecular flexibility index (Phi) is 4.95. The van der Waals surface area contributed by atoms with E-state index < -0.39 is 29.8 Å². The lowest BCUT2D eigenvalue weighted by atomic mass is 10.1. The molecule has 1 N–H and O–H groups in total. The molecule has 1 unspecified atom stereocenters. The Balaban J connectivity index is 1.82. The van der Waals surface area contributed by atoms with E-state index in [2.05, 4.69) is 4.98 Å². The van der Waals surface area contributed by atoms with Crippen molar-refractivity contribution in [3.8, 4) is 5.88 Å². The van der Waals surface area contributed by atoms with E-state index in [-0.39, 0.29) is 13.0 Å². The lowest BCUT2D eigenvalue weighted by Gasteiger charge is -2.26. The van der Waals surface area contributed by atoms with Gasteiger partial charge in [0, 0.05) is 18.0 Å². The van der Waals surface area contributed by atoms with E-state index in [0.717, 1.165) is 16.3 Å². The molecule has 0 bridgehead atoms. The molecule has 2 atom stereocenters. The van der Waals surface area contributed by atoms with Crippen molar-refractivity contribution in [1.82, 2.24) is 9.88 Å². The van der Waals surface area contributed by atoms with Crippen molar-refractivity contribution in [2.24, 2.45) is 0 Å². The van der Waals surface area contributed by atoms with Crippen molar-refractivity contribution in [3.05, 3.63) is 36.0 Å². The summed E-state index contributed by atoms with van der Waals surface area (Å²) in [6.07, 6.45) is 0.721. The van der Waals surface area contributed by atoms with Gasteiger partial charge >= 0.3 is 12.1 Å². The molecule has 27 heavy (non-hydrogen) atoms. The topological polar surface area (TPSA) is 89.0 Å². The lowest BCUT2D eigenvalue weighted by molar-refractivity contribution is -0.142. The SMILES string of the molecule is Cc1cccc2c(OC3C[C@@H](C(=O)O)N(C(=O)OC(C)(C)C)C3)nccc12. The number of aliphatic carboxylic acids is 1. The molecule has 1 fully saturated rings. The monoisotopic (exact) mass is 372 g/mol. The lowest BCUT2D eigenvalue weighted by Crippen LogP contribution is -2.43. The van der Waals surface area contributed by atoms with Gasteiger partial charge in [0.1, 0.15) is 17.7 Å². The number of benzene rings is 1. The molecule has 144 valence electrons. The van der Waals surface area contributed by atoms with Gasteiger partial charge in [0.15, 0.2) is 0 Å². The molecule has 1 aromatic carbocycles. The summed E-state index contributed by atoms with van der Waals surface area (Å²) in [7, 11) is 0. The molecule has 7 nitrogen and oxygen atoms in total. The summed E-state index contributed by atoms with van der Waals surface area (Å²) in [6, 6.07) is 6.78. The molecule has 0 radical (unpaired) electrons. The average Bonchev–Trinajstić information content (AvgIpc) is 2.99. The predicted molar refractivity (Wildman–Crippen MR) is 99.9 cm³/mol. The van der Waals surface area contributed by atoms with Crippen LogP contribution in [0.5, 0.6) is 5.88 Å². The van der Waals surface area contributed by atoms with Crippen LogP contribution < -0.4 is 4.74 Å². The second-order valence-corrected chi connectivity index (χ2v) is 7.75. The fraction of sp³-hybridized carbons (Fsp3) is 0.450. The van der Waals surface area contributed by atoms with E-state index in [0.29, 0.717) is 5.88 Å². The van der Waals surface area contributed by atoms with Gasteiger partial charge in [-0.1, -0.05) is 12.1 Å². The zero-order chi connectivity index (χ0) is 19.8. The molecule has 1 amide bonds. The molecule has 2 aromatic rings. The second kappa shape index (κ2) is 7.06. The van der Waals surface area contributed by atoms with Gasteiger partial charge in [-0.25, -0.2) is 14.6 Å². The minimum absolute atomic E-state index is 0.135. The van der Waals surface area contributed by atoms with Gasteiger partial charge in [0.05, 0.1) is 6.54 Å². The molecular formula is C20H24N2O5. The van der Waals surface area contributed by atoms with Crippen LogP contribution in [-0.4, -0.2) is 51.3 Å². The van der Waals surface area contributed by atoms with Crippen LogP contribution >= 0.6 is 0 Å². The van der Waals surface area contributed by atoms with Gasteiger partial charge in [-0.2, -0.15) is 0 Å². The zero-order valence-electron chi connectivity index (χ0n) is 15.9. The highest BCUT2D eigenvalue weighted by molar-refractivity contribution is 5.89. The van der Waals surface area contributed by atoms with E-state index in [4.69, 9.17) is 9.47 Å². The number of likely N-dealkylation sites (tertiary alicyclic amines) is 1. The number of hydrogen-bond donors (Lipinski definition) is 1. The quantitative estimate of drug-likeness (QED) is 0.888. The van der Waals surface area contributed by atoms with Gasteiger partial charge in [-0.15, -0.1) is 0 Å². The van der Waals surface area contributed by atoms with Gasteiger partial charge in [0.25, 0.3) is 0 Å². The highest BCUT2D eigenvalue weighted by Gasteiger charge is 2.42. The van der Waals surface area contributed by atoms with Crippen molar-refractivity contribution in [2.75, 3.05) is 6.54 Å². The average molecular weight is 372 g/mol. The summed E-state index contributed by atoms with van der Waals surface area (Å²) in [4.78, 5) is 29.5. The highest BCUT2D eigenvalue weighted by Crippen LogP contribution is 2.29. The first-order chi connectivity index (χ1) is 12.7. The fourth-order valence-corrected chi connectivity index (χ4v) is 3.23. The number of carbonyl (C=O) groups is 2. The Morgan fingerprint density at radius 2 is 1.96 bits per heavy atom. The van der Waals surface area contributed by atoms with Crippen LogP contribution in [0.4, 0.5) is 4.79 Å². The third kappa shape index (κ3) is 4.13. The summed E-state index contributed by atoms with van der Waals surface area (Å²) in [5, 5.41) is 11.4. The third-order valence-corrected chi connectivity index (χ3v) is 4.44. The van der Waals surface area contributed by atoms with Gasteiger partial charge in [0.2, 0.25) is 5.88 Å². The number of carboxylic acids is 1. The van der Waals surface area contributed by atoms with Crippen molar-refractivity contribution in [3.63, 3.8) is 0 Å². The Morgan fingerprint density at radius 1 is 1.22 bits per heavy atom. The molecule has 7 heteroatoms. The number of rotatable bonds is 3. The fourth-order valence-electron chi connectivity index (χ4n) is 3.23. The summed E-state index contributed by atoms with van der Waals surface area (Å²) in [5.74, 6) is -0.634. The first-order valence-corrected chi connectivity index (χ1v) is 8.89. The van der Waals surface area contributed by atoms with Crippen LogP contribution in [-0.2, 0) is 9.53 Å². The minimum Gasteiger partial charge on any atom is -0.480 e. The molecule has 1 aliphatic rings. The van der Waals surface area contributed by atoms with Crippen LogP contribution in [0.2, 0.25) is 0 Å². The largest absolute Gasteiger partial charge is 0.480 e. The van der Waals surface area contributed by atoms with Crippen LogP contribution in [0, 0.1) is 6.92 Å². The number of hydrogen-bond acceptors (Lipinski definition) is 5. The summed E-state index contributed by atoms with van der Waals surface area (Å²) in [5.41, 5.74) is 0.401. The Labute approximate surface area is 157 Å². The predicted octanol–water partition coefficient (Wildman–Crippen LogP) is 3.38. The van der Waals surface area contributed by atoms with E-state index in [9.17, 15) is 14.7 Å². The van der Waals surface area contributed by atoms with Crippen molar-refractivity contribution >= 4 is 22.8 Å². The smallest absolute Gasteiger partial charge is 0.411 e. The normalized spacial score (nSPS) is 19.9. The molecular weight excluding hydrogens is 348 g/mol. The molecule has 0 saturated carbocycles. The van der Waals surface area contributed by atoms with Crippen LogP contribution in [0.3, 0.4) is 0 Å². The number of carboxylic acid groups (broad SMARTS) is 1. The Bertz CT molecular complexity index is 874. The van der Waals surface area contributed by atoms with E-state index >= 15 is 0 Å². The first-order valence-electron chi connectivity index (χ1n) is 8.89. The van der Waals surface area contributed by atoms with Gasteiger partial charge < -0.3 is 14.6 Å². The number of nitrogens with zero attached hydrogens (tertiary/aromatic N) is 2. The first kappa shape index (κ1) is 18.9. The number of pyridine rings is 1. The minimum atomic E-state index is -1.08. The van der Waals surface area contributed by atoms with Crippen LogP contribution in [0.15, 0.2) is 30.5 Å². The van der Waals surface area contributed by atoms with Crippen LogP contribution in [0.1, 0.15) is 32.8 Å². The number of amides is 1. The van der Waals surface area contributed by atoms with Crippen molar-refractivity contribution < 1.29 is 24.2 Å². The molecule has 0 aliphatic carbocycles. The maximum atomic E-state index is 12.4. The van der Waals surface area contributed by atoms with Crippen LogP contribution in [0.25, 0.3) is 10.8 Å². The Morgan fingerprint density at radius 3 is 2.63 bits per heavy atom. The number of aryl methyl sites for hydroxylation is 1. The standard InChI is InChI=1S/C20H24N2O5/c1-12-6-5-7-15-14(12)8-9-21-17(15)26-13-10-16(18(23)24)22(11-13)19(25)27-20(2,3)4/h5-9,13,16H,10-11H2,1-4H3,(H,23,24)/t13?,16-/m0/s1. The maximum Gasteiger partial charge on any atom is 0.411 e. The van der Waals surface area contributed by atoms with E-state index in [1.165, 1.54) is 4.90 Å². The molecule has 2 heterocycles. The molecule has 1 aromatic heterocycles. The summed E-state index contributed by atoms with van der Waals surface area (Å²) < 4.78 is 11.3. The molecule has 1 saturated heterocycles. The van der Waals surface area contributed by atoms with Gasteiger partial charge in [-0.05, 0) is 50.8 Å². The Hall–Kier alpha value is -2.83.